The van der Waals surface area contributed by atoms with Crippen molar-refractivity contribution in [3.63, 3.8) is 0 Å². The zero-order valence-corrected chi connectivity index (χ0v) is 20.0. The fraction of sp³-hybridized carbons (Fsp3) is 0.367. The summed E-state index contributed by atoms with van der Waals surface area (Å²) >= 11 is 0. The Morgan fingerprint density at radius 3 is 2.56 bits per heavy atom. The lowest BCUT2D eigenvalue weighted by molar-refractivity contribution is -0.110. The number of nitrogens with zero attached hydrogens (tertiary/aromatic N) is 1. The quantitative estimate of drug-likeness (QED) is 0.528. The van der Waals surface area contributed by atoms with Gasteiger partial charge in [0, 0.05) is 17.7 Å². The maximum atomic E-state index is 13.9. The van der Waals surface area contributed by atoms with Crippen molar-refractivity contribution >= 4 is 16.9 Å². The summed E-state index contributed by atoms with van der Waals surface area (Å²) in [4.78, 5) is 16.3. The van der Waals surface area contributed by atoms with Crippen molar-refractivity contribution in [3.05, 3.63) is 89.0 Å². The number of ketones is 1. The Kier molecular flexibility index (Phi) is 7.08. The molecule has 5 rings (SSSR count). The van der Waals surface area contributed by atoms with Gasteiger partial charge in [0.2, 0.25) is 0 Å². The van der Waals surface area contributed by atoms with Crippen LogP contribution in [-0.2, 0) is 16.0 Å². The Bertz CT molecular complexity index is 1120. The zero-order valence-electron chi connectivity index (χ0n) is 20.0. The highest BCUT2D eigenvalue weighted by Crippen LogP contribution is 2.39. The van der Waals surface area contributed by atoms with Gasteiger partial charge in [-0.1, -0.05) is 54.6 Å². The van der Waals surface area contributed by atoms with E-state index < -0.39 is 0 Å². The minimum atomic E-state index is 0.0489. The minimum Gasteiger partial charge on any atom is -0.497 e. The number of methoxy groups -OCH3 is 1. The molecule has 2 aromatic rings. The van der Waals surface area contributed by atoms with E-state index in [4.69, 9.17) is 9.47 Å². The van der Waals surface area contributed by atoms with Gasteiger partial charge in [0.1, 0.15) is 5.75 Å². The van der Waals surface area contributed by atoms with Crippen molar-refractivity contribution in [2.45, 2.75) is 38.2 Å². The first-order valence-electron chi connectivity index (χ1n) is 12.5. The third-order valence-electron chi connectivity index (χ3n) is 7.16. The van der Waals surface area contributed by atoms with Crippen LogP contribution in [0.4, 0.5) is 0 Å². The van der Waals surface area contributed by atoms with Crippen LogP contribution in [0.15, 0.2) is 72.3 Å². The lowest BCUT2D eigenvalue weighted by atomic mass is 9.79. The summed E-state index contributed by atoms with van der Waals surface area (Å²) in [6, 6.07) is 16.4. The number of carbonyl (C=O) groups is 1. The summed E-state index contributed by atoms with van der Waals surface area (Å²) in [6.45, 7) is 4.12. The summed E-state index contributed by atoms with van der Waals surface area (Å²) in [7, 11) is 1.67. The van der Waals surface area contributed by atoms with Gasteiger partial charge < -0.3 is 14.4 Å². The number of fused-ring (bicyclic) bond motifs is 1. The van der Waals surface area contributed by atoms with Gasteiger partial charge >= 0.3 is 0 Å². The molecule has 1 heterocycles. The van der Waals surface area contributed by atoms with Crippen LogP contribution < -0.4 is 4.74 Å². The smallest absolute Gasteiger partial charge is 0.193 e. The van der Waals surface area contributed by atoms with E-state index in [0.29, 0.717) is 0 Å². The fourth-order valence-corrected chi connectivity index (χ4v) is 5.25. The number of carbonyl (C=O) groups excluding carboxylic acids is 1. The molecule has 1 atom stereocenters. The predicted molar refractivity (Wildman–Crippen MR) is 137 cm³/mol. The summed E-state index contributed by atoms with van der Waals surface area (Å²) in [5.41, 5.74) is 6.09. The molecule has 0 spiro atoms. The molecule has 4 nitrogen and oxygen atoms in total. The van der Waals surface area contributed by atoms with Gasteiger partial charge in [0.05, 0.1) is 19.8 Å². The maximum absolute atomic E-state index is 13.9. The van der Waals surface area contributed by atoms with Gasteiger partial charge in [0.15, 0.2) is 5.78 Å². The van der Waals surface area contributed by atoms with E-state index in [1.54, 1.807) is 7.11 Å². The summed E-state index contributed by atoms with van der Waals surface area (Å²) in [5.74, 6) is 0.923. The van der Waals surface area contributed by atoms with Gasteiger partial charge in [-0.2, -0.15) is 0 Å². The molecule has 1 fully saturated rings. The second kappa shape index (κ2) is 10.5. The average Bonchev–Trinajstić information content (AvgIpc) is 3.42. The number of likely N-dealkylation sites (tertiary alicyclic amines) is 1. The van der Waals surface area contributed by atoms with Crippen molar-refractivity contribution in [1.82, 2.24) is 4.90 Å². The Balaban J connectivity index is 1.36. The van der Waals surface area contributed by atoms with Gasteiger partial charge in [-0.05, 0) is 79.6 Å². The lowest BCUT2D eigenvalue weighted by Gasteiger charge is -2.25. The number of Topliss-reactive ketones (excluding diaryl/α,β-unsaturated/α-hetero) is 1. The molecule has 0 radical (unpaired) electrons. The van der Waals surface area contributed by atoms with Crippen molar-refractivity contribution in [1.29, 1.82) is 0 Å². The molecular weight excluding hydrogens is 422 g/mol. The number of hydrogen-bond acceptors (Lipinski definition) is 4. The molecule has 2 aliphatic carbocycles. The lowest BCUT2D eigenvalue weighted by Crippen LogP contribution is -2.26. The van der Waals surface area contributed by atoms with Gasteiger partial charge in [-0.15, -0.1) is 0 Å². The first-order valence-corrected chi connectivity index (χ1v) is 12.5. The van der Waals surface area contributed by atoms with Crippen molar-refractivity contribution in [2.24, 2.45) is 0 Å². The number of ether oxygens (including phenoxy) is 2. The molecule has 1 unspecified atom stereocenters. The van der Waals surface area contributed by atoms with Crippen LogP contribution in [0.25, 0.3) is 11.1 Å². The van der Waals surface area contributed by atoms with Crippen molar-refractivity contribution < 1.29 is 14.3 Å². The largest absolute Gasteiger partial charge is 0.497 e. The van der Waals surface area contributed by atoms with E-state index in [1.807, 2.05) is 24.3 Å². The van der Waals surface area contributed by atoms with Crippen LogP contribution in [0.2, 0.25) is 0 Å². The Hall–Kier alpha value is -2.95. The Labute approximate surface area is 202 Å². The number of allylic oxidation sites excluding steroid dienone is 4. The number of benzene rings is 2. The molecule has 2 aromatic carbocycles. The molecule has 1 aliphatic heterocycles. The molecule has 3 aliphatic rings. The standard InChI is InChI=1S/C30H33NO3/c1-33-25-13-8-23(9-14-25)28-17-12-22-6-2-3-7-27(22)29(28)30(32)24-10-15-26(16-11-24)34-21-20-31-18-4-5-19-31/h2-3,6-11,13-15,26H,4-5,12,16-21H2,1H3. The van der Waals surface area contributed by atoms with E-state index >= 15 is 0 Å². The zero-order chi connectivity index (χ0) is 23.3. The Morgan fingerprint density at radius 2 is 1.82 bits per heavy atom. The highest BCUT2D eigenvalue weighted by atomic mass is 16.5. The molecule has 1 saturated heterocycles. The molecule has 0 N–H and O–H groups in total. The monoisotopic (exact) mass is 455 g/mol. The van der Waals surface area contributed by atoms with Gasteiger partial charge in [-0.3, -0.25) is 4.79 Å². The van der Waals surface area contributed by atoms with E-state index in [0.717, 1.165) is 66.0 Å². The topological polar surface area (TPSA) is 38.8 Å². The maximum Gasteiger partial charge on any atom is 0.193 e. The fourth-order valence-electron chi connectivity index (χ4n) is 5.25. The van der Waals surface area contributed by atoms with Gasteiger partial charge in [-0.25, -0.2) is 0 Å². The normalized spacial score (nSPS) is 20.3. The van der Waals surface area contributed by atoms with Crippen LogP contribution in [0.1, 0.15) is 42.4 Å². The SMILES string of the molecule is COc1ccc(C2=C(C(=O)C3=CCC(OCCN4CCCC4)C=C3)c3ccccc3CC2)cc1. The third kappa shape index (κ3) is 4.94. The molecular formula is C30H33NO3. The molecule has 0 aromatic heterocycles. The molecule has 176 valence electrons. The van der Waals surface area contributed by atoms with Crippen LogP contribution in [0.5, 0.6) is 5.75 Å². The van der Waals surface area contributed by atoms with E-state index in [1.165, 1.54) is 31.5 Å². The molecule has 0 bridgehead atoms. The predicted octanol–water partition coefficient (Wildman–Crippen LogP) is 5.49. The van der Waals surface area contributed by atoms with E-state index in [2.05, 4.69) is 47.4 Å². The minimum absolute atomic E-state index is 0.0489. The highest BCUT2D eigenvalue weighted by molar-refractivity contribution is 6.35. The average molecular weight is 456 g/mol. The Morgan fingerprint density at radius 1 is 1.03 bits per heavy atom. The first kappa shape index (κ1) is 22.8. The molecule has 4 heteroatoms. The highest BCUT2D eigenvalue weighted by Gasteiger charge is 2.27. The van der Waals surface area contributed by atoms with Crippen LogP contribution in [0, 0.1) is 0 Å². The number of aryl methyl sites for hydroxylation is 1. The third-order valence-corrected chi connectivity index (χ3v) is 7.16. The van der Waals surface area contributed by atoms with Crippen molar-refractivity contribution in [2.75, 3.05) is 33.4 Å². The van der Waals surface area contributed by atoms with Gasteiger partial charge in [0.25, 0.3) is 0 Å². The second-order valence-electron chi connectivity index (χ2n) is 9.28. The number of hydrogen-bond donors (Lipinski definition) is 0. The summed E-state index contributed by atoms with van der Waals surface area (Å²) < 4.78 is 11.4. The summed E-state index contributed by atoms with van der Waals surface area (Å²) in [6.07, 6.45) is 11.3. The van der Waals surface area contributed by atoms with Crippen LogP contribution in [0.3, 0.4) is 0 Å². The van der Waals surface area contributed by atoms with Crippen LogP contribution >= 0.6 is 0 Å². The second-order valence-corrected chi connectivity index (χ2v) is 9.28. The number of rotatable bonds is 8. The van der Waals surface area contributed by atoms with E-state index in [9.17, 15) is 4.79 Å². The molecule has 0 amide bonds. The summed E-state index contributed by atoms with van der Waals surface area (Å²) in [5, 5.41) is 0. The van der Waals surface area contributed by atoms with E-state index in [-0.39, 0.29) is 11.9 Å². The van der Waals surface area contributed by atoms with Crippen LogP contribution in [-0.4, -0.2) is 50.1 Å². The molecule has 34 heavy (non-hydrogen) atoms. The molecule has 0 saturated carbocycles. The first-order chi connectivity index (χ1) is 16.7. The van der Waals surface area contributed by atoms with Crippen molar-refractivity contribution in [3.8, 4) is 5.75 Å².